The van der Waals surface area contributed by atoms with Crippen LogP contribution in [0, 0.1) is 10.8 Å². The Morgan fingerprint density at radius 1 is 0.889 bits per heavy atom. The molecule has 2 heteroatoms. The molecule has 1 aliphatic heterocycles. The maximum Gasteiger partial charge on any atom is 0.150 e. The van der Waals surface area contributed by atoms with Crippen molar-refractivity contribution in [2.45, 2.75) is 41.5 Å². The van der Waals surface area contributed by atoms with Crippen LogP contribution in [-0.4, -0.2) is 0 Å². The first-order valence-corrected chi connectivity index (χ1v) is 6.49. The fourth-order valence-corrected chi connectivity index (χ4v) is 2.07. The first-order valence-electron chi connectivity index (χ1n) is 6.49. The highest BCUT2D eigenvalue weighted by Crippen LogP contribution is 2.43. The van der Waals surface area contributed by atoms with E-state index in [1.54, 1.807) is 0 Å². The van der Waals surface area contributed by atoms with Gasteiger partial charge >= 0.3 is 0 Å². The SMILES string of the molecule is CC(C)(C)C1=C(C(C)(C)C)Oc2ccccc2N1. The van der Waals surface area contributed by atoms with Gasteiger partial charge in [0.2, 0.25) is 0 Å². The van der Waals surface area contributed by atoms with Crippen molar-refractivity contribution < 1.29 is 4.74 Å². The Bertz CT molecular complexity index is 442. The standard InChI is InChI=1S/C16H23NO/c1-15(2,3)13-14(16(4,5)6)18-12-10-8-7-9-11(12)17-13/h7-10,17H,1-6H3. The Kier molecular flexibility index (Phi) is 2.92. The summed E-state index contributed by atoms with van der Waals surface area (Å²) in [4.78, 5) is 0. The summed E-state index contributed by atoms with van der Waals surface area (Å²) in [6, 6.07) is 8.09. The van der Waals surface area contributed by atoms with E-state index in [9.17, 15) is 0 Å². The largest absolute Gasteiger partial charge is 0.457 e. The van der Waals surface area contributed by atoms with E-state index >= 15 is 0 Å². The van der Waals surface area contributed by atoms with Gasteiger partial charge in [-0.2, -0.15) is 0 Å². The summed E-state index contributed by atoms with van der Waals surface area (Å²) in [5, 5.41) is 3.55. The second-order valence-electron chi connectivity index (χ2n) is 6.93. The predicted molar refractivity (Wildman–Crippen MR) is 76.6 cm³/mol. The van der Waals surface area contributed by atoms with E-state index in [-0.39, 0.29) is 10.8 Å². The third kappa shape index (κ3) is 2.38. The molecule has 0 radical (unpaired) electrons. The minimum absolute atomic E-state index is 0.0108. The van der Waals surface area contributed by atoms with E-state index < -0.39 is 0 Å². The average Bonchev–Trinajstić information content (AvgIpc) is 2.25. The molecule has 1 N–H and O–H groups in total. The number of hydrogen-bond donors (Lipinski definition) is 1. The van der Waals surface area contributed by atoms with Gasteiger partial charge in [0, 0.05) is 10.8 Å². The van der Waals surface area contributed by atoms with E-state index in [2.05, 4.69) is 52.9 Å². The van der Waals surface area contributed by atoms with E-state index in [4.69, 9.17) is 4.74 Å². The second kappa shape index (κ2) is 4.04. The highest BCUT2D eigenvalue weighted by atomic mass is 16.5. The molecule has 0 bridgehead atoms. The summed E-state index contributed by atoms with van der Waals surface area (Å²) in [6.45, 7) is 13.2. The van der Waals surface area contributed by atoms with Gasteiger partial charge in [0.05, 0.1) is 11.4 Å². The van der Waals surface area contributed by atoms with E-state index in [0.29, 0.717) is 0 Å². The van der Waals surface area contributed by atoms with Crippen molar-refractivity contribution in [1.29, 1.82) is 0 Å². The summed E-state index contributed by atoms with van der Waals surface area (Å²) in [6.07, 6.45) is 0. The van der Waals surface area contributed by atoms with Crippen molar-refractivity contribution in [3.63, 3.8) is 0 Å². The molecule has 2 nitrogen and oxygen atoms in total. The van der Waals surface area contributed by atoms with Gasteiger partial charge in [-0.15, -0.1) is 0 Å². The maximum absolute atomic E-state index is 6.15. The number of rotatable bonds is 0. The van der Waals surface area contributed by atoms with Crippen LogP contribution in [-0.2, 0) is 0 Å². The van der Waals surface area contributed by atoms with Gasteiger partial charge in [-0.1, -0.05) is 53.7 Å². The second-order valence-corrected chi connectivity index (χ2v) is 6.93. The molecule has 1 aromatic carbocycles. The van der Waals surface area contributed by atoms with E-state index in [1.807, 2.05) is 18.2 Å². The molecule has 98 valence electrons. The Hall–Kier alpha value is -1.44. The average molecular weight is 245 g/mol. The van der Waals surface area contributed by atoms with Crippen molar-refractivity contribution in [2.75, 3.05) is 5.32 Å². The number of fused-ring (bicyclic) bond motifs is 1. The normalized spacial score (nSPS) is 15.9. The molecule has 0 amide bonds. The topological polar surface area (TPSA) is 21.3 Å². The number of allylic oxidation sites excluding steroid dienone is 2. The van der Waals surface area contributed by atoms with Crippen molar-refractivity contribution in [2.24, 2.45) is 10.8 Å². The Labute approximate surface area is 110 Å². The van der Waals surface area contributed by atoms with Crippen LogP contribution in [0.2, 0.25) is 0 Å². The summed E-state index contributed by atoms with van der Waals surface area (Å²) in [7, 11) is 0. The zero-order valence-corrected chi connectivity index (χ0v) is 12.2. The van der Waals surface area contributed by atoms with Crippen LogP contribution >= 0.6 is 0 Å². The van der Waals surface area contributed by atoms with E-state index in [0.717, 1.165) is 17.2 Å². The fraction of sp³-hybridized carbons (Fsp3) is 0.500. The van der Waals surface area contributed by atoms with Gasteiger partial charge in [0.25, 0.3) is 0 Å². The molecule has 0 aliphatic carbocycles. The molecule has 0 spiro atoms. The minimum Gasteiger partial charge on any atom is -0.457 e. The van der Waals surface area contributed by atoms with Crippen molar-refractivity contribution in [3.05, 3.63) is 35.7 Å². The molecule has 0 saturated carbocycles. The number of para-hydroxylation sites is 2. The maximum atomic E-state index is 6.15. The lowest BCUT2D eigenvalue weighted by Gasteiger charge is -2.37. The number of nitrogens with one attached hydrogen (secondary N) is 1. The first kappa shape index (κ1) is 13.0. The van der Waals surface area contributed by atoms with Crippen LogP contribution in [0.5, 0.6) is 5.75 Å². The number of anilines is 1. The Morgan fingerprint density at radius 3 is 2.06 bits per heavy atom. The highest BCUT2D eigenvalue weighted by Gasteiger charge is 2.33. The molecule has 1 aromatic rings. The monoisotopic (exact) mass is 245 g/mol. The summed E-state index contributed by atoms with van der Waals surface area (Å²) in [5.41, 5.74) is 2.25. The third-order valence-electron chi connectivity index (χ3n) is 3.02. The van der Waals surface area contributed by atoms with Crippen LogP contribution in [0.3, 0.4) is 0 Å². The summed E-state index contributed by atoms with van der Waals surface area (Å²) < 4.78 is 6.15. The lowest BCUT2D eigenvalue weighted by Crippen LogP contribution is -2.30. The van der Waals surface area contributed by atoms with Crippen molar-refractivity contribution in [1.82, 2.24) is 0 Å². The first-order chi connectivity index (χ1) is 8.19. The molecule has 0 fully saturated rings. The summed E-state index contributed by atoms with van der Waals surface area (Å²) in [5.74, 6) is 1.95. The van der Waals surface area contributed by atoms with Gasteiger partial charge in [-0.3, -0.25) is 0 Å². The molecule has 18 heavy (non-hydrogen) atoms. The van der Waals surface area contributed by atoms with Crippen LogP contribution in [0.15, 0.2) is 35.7 Å². The lowest BCUT2D eigenvalue weighted by molar-refractivity contribution is 0.268. The lowest BCUT2D eigenvalue weighted by atomic mass is 9.82. The molecule has 0 unspecified atom stereocenters. The third-order valence-corrected chi connectivity index (χ3v) is 3.02. The summed E-state index contributed by atoms with van der Waals surface area (Å²) >= 11 is 0. The van der Waals surface area contributed by atoms with Gasteiger partial charge in [-0.05, 0) is 12.1 Å². The molecule has 0 atom stereocenters. The number of hydrogen-bond acceptors (Lipinski definition) is 2. The Balaban J connectivity index is 2.53. The molecular formula is C16H23NO. The fourth-order valence-electron chi connectivity index (χ4n) is 2.07. The van der Waals surface area contributed by atoms with Gasteiger partial charge < -0.3 is 10.1 Å². The van der Waals surface area contributed by atoms with Crippen LogP contribution in [0.25, 0.3) is 0 Å². The van der Waals surface area contributed by atoms with E-state index in [1.165, 1.54) is 5.70 Å². The number of ether oxygens (including phenoxy) is 1. The van der Waals surface area contributed by atoms with Crippen LogP contribution in [0.4, 0.5) is 5.69 Å². The Morgan fingerprint density at radius 2 is 1.50 bits per heavy atom. The molecule has 2 rings (SSSR count). The molecule has 1 heterocycles. The highest BCUT2D eigenvalue weighted by molar-refractivity contribution is 5.63. The van der Waals surface area contributed by atoms with Crippen molar-refractivity contribution >= 4 is 5.69 Å². The quantitative estimate of drug-likeness (QED) is 0.709. The predicted octanol–water partition coefficient (Wildman–Crippen LogP) is 4.79. The minimum atomic E-state index is -0.0108. The molecular weight excluding hydrogens is 222 g/mol. The van der Waals surface area contributed by atoms with Crippen LogP contribution in [0.1, 0.15) is 41.5 Å². The van der Waals surface area contributed by atoms with Gasteiger partial charge in [0.1, 0.15) is 11.5 Å². The smallest absolute Gasteiger partial charge is 0.150 e. The van der Waals surface area contributed by atoms with Crippen LogP contribution < -0.4 is 10.1 Å². The number of benzene rings is 1. The molecule has 1 aliphatic rings. The zero-order valence-electron chi connectivity index (χ0n) is 12.2. The van der Waals surface area contributed by atoms with Gasteiger partial charge in [0.15, 0.2) is 0 Å². The molecule has 0 aromatic heterocycles. The van der Waals surface area contributed by atoms with Gasteiger partial charge in [-0.25, -0.2) is 0 Å². The van der Waals surface area contributed by atoms with Crippen molar-refractivity contribution in [3.8, 4) is 5.75 Å². The molecule has 0 saturated heterocycles. The zero-order chi connectivity index (χ0) is 13.6.